The molecule has 2 aromatic carbocycles. The van der Waals surface area contributed by atoms with Crippen LogP contribution in [0.2, 0.25) is 0 Å². The van der Waals surface area contributed by atoms with Crippen molar-refractivity contribution in [3.05, 3.63) is 59.7 Å². The Morgan fingerprint density at radius 1 is 0.682 bits per heavy atom. The number of ether oxygens (including phenoxy) is 6. The van der Waals surface area contributed by atoms with E-state index in [1.54, 1.807) is 0 Å². The van der Waals surface area contributed by atoms with Gasteiger partial charge in [-0.1, -0.05) is 71.4 Å². The summed E-state index contributed by atoms with van der Waals surface area (Å²) in [5, 5.41) is 0. The van der Waals surface area contributed by atoms with Crippen molar-refractivity contribution in [2.45, 2.75) is 86.4 Å². The molecule has 0 bridgehead atoms. The van der Waals surface area contributed by atoms with E-state index in [1.807, 2.05) is 13.8 Å². The molecule has 0 spiro atoms. The van der Waals surface area contributed by atoms with Gasteiger partial charge in [-0.2, -0.15) is 0 Å². The fourth-order valence-electron chi connectivity index (χ4n) is 4.72. The van der Waals surface area contributed by atoms with Gasteiger partial charge in [-0.05, 0) is 61.4 Å². The van der Waals surface area contributed by atoms with Gasteiger partial charge in [0.1, 0.15) is 33.4 Å². The van der Waals surface area contributed by atoms with Gasteiger partial charge < -0.3 is 28.4 Å². The summed E-state index contributed by atoms with van der Waals surface area (Å²) >= 11 is 6.69. The Balaban J connectivity index is 1.24. The molecule has 0 aromatic heterocycles. The van der Waals surface area contributed by atoms with Crippen molar-refractivity contribution in [3.8, 4) is 11.5 Å². The van der Waals surface area contributed by atoms with Crippen molar-refractivity contribution in [1.82, 2.24) is 0 Å². The van der Waals surface area contributed by atoms with Crippen LogP contribution < -0.4 is 9.47 Å². The van der Waals surface area contributed by atoms with Gasteiger partial charge >= 0.3 is 23.9 Å². The van der Waals surface area contributed by atoms with Crippen molar-refractivity contribution < 1.29 is 47.6 Å². The quantitative estimate of drug-likeness (QED) is 0.130. The molecule has 2 heterocycles. The second-order valence-corrected chi connectivity index (χ2v) is 12.8. The maximum atomic E-state index is 12.8. The lowest BCUT2D eigenvalue weighted by molar-refractivity contribution is -0.134. The molecule has 0 amide bonds. The zero-order chi connectivity index (χ0) is 31.6. The summed E-state index contributed by atoms with van der Waals surface area (Å²) in [4.78, 5) is 49.2. The molecular weight excluding hydrogens is 704 g/mol. The molecule has 0 saturated carbocycles. The average Bonchev–Trinajstić information content (AvgIpc) is 3.62. The number of hydrogen-bond donors (Lipinski definition) is 0. The van der Waals surface area contributed by atoms with Crippen molar-refractivity contribution >= 4 is 55.7 Å². The summed E-state index contributed by atoms with van der Waals surface area (Å²) in [6, 6.07) is 12.2. The van der Waals surface area contributed by atoms with E-state index in [-0.39, 0.29) is 36.3 Å². The molecule has 238 valence electrons. The summed E-state index contributed by atoms with van der Waals surface area (Å²) in [7, 11) is 0. The number of fused-ring (bicyclic) bond motifs is 1. The van der Waals surface area contributed by atoms with Crippen LogP contribution in [0.4, 0.5) is 0 Å². The molecule has 2 aliphatic heterocycles. The first-order valence-corrected chi connectivity index (χ1v) is 16.6. The highest BCUT2D eigenvalue weighted by atomic mass is 79.9. The lowest BCUT2D eigenvalue weighted by Crippen LogP contribution is -2.36. The monoisotopic (exact) mass is 738 g/mol. The van der Waals surface area contributed by atoms with Gasteiger partial charge in [-0.15, -0.1) is 0 Å². The van der Waals surface area contributed by atoms with E-state index in [9.17, 15) is 19.2 Å². The molecular formula is C32H36Br2O10. The topological polar surface area (TPSA) is 124 Å². The molecule has 0 aliphatic carbocycles. The van der Waals surface area contributed by atoms with Crippen LogP contribution in [0.1, 0.15) is 73.1 Å². The maximum Gasteiger partial charge on any atom is 0.338 e. The van der Waals surface area contributed by atoms with Crippen LogP contribution in [0.3, 0.4) is 0 Å². The second-order valence-electron chi connectivity index (χ2n) is 10.6. The molecule has 6 atom stereocenters. The smallest absolute Gasteiger partial charge is 0.338 e. The molecule has 0 radical (unpaired) electrons. The van der Waals surface area contributed by atoms with Gasteiger partial charge in [0.05, 0.1) is 24.3 Å². The first kappa shape index (κ1) is 34.1. The lowest BCUT2D eigenvalue weighted by atomic mass is 10.1. The van der Waals surface area contributed by atoms with E-state index in [4.69, 9.17) is 28.4 Å². The minimum Gasteiger partial charge on any atom is -0.453 e. The molecule has 10 nitrogen and oxygen atoms in total. The van der Waals surface area contributed by atoms with Crippen LogP contribution in [0.5, 0.6) is 11.5 Å². The van der Waals surface area contributed by atoms with Gasteiger partial charge in [0, 0.05) is 0 Å². The molecule has 0 N–H and O–H groups in total. The Labute approximate surface area is 273 Å². The van der Waals surface area contributed by atoms with Gasteiger partial charge in [-0.25, -0.2) is 9.59 Å². The first-order chi connectivity index (χ1) is 21.2. The average molecular weight is 740 g/mol. The normalized spacial score (nSPS) is 22.0. The number of hydrogen-bond acceptors (Lipinski definition) is 10. The number of benzene rings is 2. The second kappa shape index (κ2) is 16.5. The first-order valence-electron chi connectivity index (χ1n) is 14.8. The number of rotatable bonds is 14. The third kappa shape index (κ3) is 9.12. The largest absolute Gasteiger partial charge is 0.453 e. The van der Waals surface area contributed by atoms with Gasteiger partial charge in [-0.3, -0.25) is 9.59 Å². The fraction of sp³-hybridized carbons (Fsp3) is 0.500. The van der Waals surface area contributed by atoms with Gasteiger partial charge in [0.25, 0.3) is 0 Å². The predicted molar refractivity (Wildman–Crippen MR) is 167 cm³/mol. The van der Waals surface area contributed by atoms with Crippen molar-refractivity contribution in [2.24, 2.45) is 0 Å². The highest BCUT2D eigenvalue weighted by Crippen LogP contribution is 2.32. The molecule has 2 aromatic rings. The van der Waals surface area contributed by atoms with Crippen LogP contribution in [0.25, 0.3) is 0 Å². The number of carbonyl (C=O) groups excluding carboxylic acids is 4. The Hall–Kier alpha value is -2.80. The minimum absolute atomic E-state index is 0.0854. The number of unbranched alkanes of at least 4 members (excludes halogenated alkanes) is 2. The molecule has 2 unspecified atom stereocenters. The molecule has 4 rings (SSSR count). The summed E-state index contributed by atoms with van der Waals surface area (Å²) in [5.74, 6) is -1.29. The summed E-state index contributed by atoms with van der Waals surface area (Å²) in [5.41, 5.74) is 0.551. The fourth-order valence-corrected chi connectivity index (χ4v) is 5.56. The standard InChI is InChI=1S/C32H36Br2O10/c1-3-5-7-23(33)31(37)41-21-13-9-19(10-14-21)29(35)43-25-17-39-28-26(18-40-27(25)28)44-30(36)20-11-15-22(16-12-20)42-32(38)24(34)8-6-4-2/h9-16,23-28H,3-8,17-18H2,1-2H3/t23?,24?,25-,26-,27-,28-/m1/s1. The maximum absolute atomic E-state index is 12.8. The number of halogens is 2. The van der Waals surface area contributed by atoms with E-state index in [1.165, 1.54) is 48.5 Å². The molecule has 2 aliphatic rings. The molecule has 2 saturated heterocycles. The number of esters is 4. The van der Waals surface area contributed by atoms with E-state index in [0.717, 1.165) is 25.7 Å². The molecule has 12 heteroatoms. The van der Waals surface area contributed by atoms with E-state index in [2.05, 4.69) is 31.9 Å². The third-order valence-corrected chi connectivity index (χ3v) is 8.89. The Kier molecular flexibility index (Phi) is 12.8. The van der Waals surface area contributed by atoms with E-state index in [0.29, 0.717) is 24.3 Å². The van der Waals surface area contributed by atoms with Gasteiger partial charge in [0.15, 0.2) is 12.2 Å². The van der Waals surface area contributed by atoms with Crippen LogP contribution >= 0.6 is 31.9 Å². The Morgan fingerprint density at radius 3 is 1.39 bits per heavy atom. The van der Waals surface area contributed by atoms with Crippen LogP contribution in [0.15, 0.2) is 48.5 Å². The predicted octanol–water partition coefficient (Wildman–Crippen LogP) is 5.95. The summed E-state index contributed by atoms with van der Waals surface area (Å²) < 4.78 is 33.6. The lowest BCUT2D eigenvalue weighted by Gasteiger charge is -2.17. The van der Waals surface area contributed by atoms with Crippen LogP contribution in [0, 0.1) is 0 Å². The van der Waals surface area contributed by atoms with Crippen LogP contribution in [-0.2, 0) is 28.5 Å². The zero-order valence-corrected chi connectivity index (χ0v) is 27.8. The van der Waals surface area contributed by atoms with E-state index < -0.39 is 46.0 Å². The summed E-state index contributed by atoms with van der Waals surface area (Å²) in [6.45, 7) is 4.27. The van der Waals surface area contributed by atoms with Crippen molar-refractivity contribution in [1.29, 1.82) is 0 Å². The minimum atomic E-state index is -0.689. The molecule has 44 heavy (non-hydrogen) atoms. The van der Waals surface area contributed by atoms with E-state index >= 15 is 0 Å². The third-order valence-electron chi connectivity index (χ3n) is 7.23. The number of alkyl halides is 2. The van der Waals surface area contributed by atoms with Crippen molar-refractivity contribution in [2.75, 3.05) is 13.2 Å². The highest BCUT2D eigenvalue weighted by molar-refractivity contribution is 9.10. The van der Waals surface area contributed by atoms with Gasteiger partial charge in [0.2, 0.25) is 0 Å². The SMILES string of the molecule is CCCCC(Br)C(=O)Oc1ccc(C(=O)O[C@@H]2CO[C@H]3[C@@H]2OC[C@H]3OC(=O)c2ccc(OC(=O)C(Br)CCCC)cc2)cc1. The Bertz CT molecular complexity index is 1180. The highest BCUT2D eigenvalue weighted by Gasteiger charge is 2.51. The number of carbonyl (C=O) groups is 4. The molecule has 2 fully saturated rings. The van der Waals surface area contributed by atoms with Crippen LogP contribution in [-0.4, -0.2) is 71.2 Å². The summed E-state index contributed by atoms with van der Waals surface area (Å²) in [6.07, 6.45) is 2.55. The Morgan fingerprint density at radius 2 is 1.05 bits per heavy atom. The van der Waals surface area contributed by atoms with Crippen molar-refractivity contribution in [3.63, 3.8) is 0 Å². The zero-order valence-electron chi connectivity index (χ0n) is 24.6.